The predicted octanol–water partition coefficient (Wildman–Crippen LogP) is 0.505. The van der Waals surface area contributed by atoms with E-state index in [4.69, 9.17) is 9.47 Å². The molecule has 0 bridgehead atoms. The maximum absolute atomic E-state index is 11.3. The van der Waals surface area contributed by atoms with Crippen molar-refractivity contribution in [2.24, 2.45) is 0 Å². The summed E-state index contributed by atoms with van der Waals surface area (Å²) >= 11 is 0. The summed E-state index contributed by atoms with van der Waals surface area (Å²) in [6, 6.07) is 6.24. The molecule has 106 valence electrons. The maximum Gasteiger partial charge on any atom is 0.344 e. The molecule has 0 atom stereocenters. The van der Waals surface area contributed by atoms with Crippen LogP contribution >= 0.6 is 0 Å². The highest BCUT2D eigenvalue weighted by Crippen LogP contribution is 2.18. The fourth-order valence-electron chi connectivity index (χ4n) is 1.20. The Morgan fingerprint density at radius 1 is 1.37 bits per heavy atom. The molecule has 0 unspecified atom stereocenters. The first kappa shape index (κ1) is 15.3. The molecule has 0 heterocycles. The van der Waals surface area contributed by atoms with Crippen LogP contribution in [0.1, 0.15) is 6.92 Å². The number of hydrogen-bond acceptors (Lipinski definition) is 5. The van der Waals surface area contributed by atoms with Crippen LogP contribution in [0.4, 0.5) is 5.69 Å². The summed E-state index contributed by atoms with van der Waals surface area (Å²) in [4.78, 5) is 11.1. The maximum atomic E-state index is 11.3. The number of hydrogen-bond donors (Lipinski definition) is 2. The van der Waals surface area contributed by atoms with Crippen LogP contribution in [0, 0.1) is 0 Å². The first-order valence-corrected chi connectivity index (χ1v) is 7.05. The fourth-order valence-corrected chi connectivity index (χ4v) is 1.74. The lowest BCUT2D eigenvalue weighted by Gasteiger charge is -2.09. The van der Waals surface area contributed by atoms with E-state index in [1.807, 2.05) is 0 Å². The molecular formula is C11H16N2O5S. The fraction of sp³-hybridized carbons (Fsp3) is 0.364. The van der Waals surface area contributed by atoms with Crippen molar-refractivity contribution in [2.45, 2.75) is 6.92 Å². The minimum absolute atomic E-state index is 0.226. The van der Waals surface area contributed by atoms with E-state index in [2.05, 4.69) is 9.44 Å². The lowest BCUT2D eigenvalue weighted by Crippen LogP contribution is -2.26. The highest BCUT2D eigenvalue weighted by Gasteiger charge is 2.07. The Morgan fingerprint density at radius 3 is 2.74 bits per heavy atom. The average Bonchev–Trinajstić information content (AvgIpc) is 2.37. The number of benzene rings is 1. The van der Waals surface area contributed by atoms with Crippen LogP contribution in [-0.4, -0.2) is 34.6 Å². The van der Waals surface area contributed by atoms with E-state index in [1.165, 1.54) is 13.1 Å². The quantitative estimate of drug-likeness (QED) is 0.713. The van der Waals surface area contributed by atoms with Crippen LogP contribution in [0.15, 0.2) is 24.3 Å². The lowest BCUT2D eigenvalue weighted by atomic mass is 10.3. The first-order chi connectivity index (χ1) is 8.96. The van der Waals surface area contributed by atoms with Crippen molar-refractivity contribution in [2.75, 3.05) is 25.0 Å². The molecule has 1 aromatic rings. The Bertz CT molecular complexity index is 530. The second-order valence-corrected chi connectivity index (χ2v) is 5.05. The largest absolute Gasteiger partial charge is 0.482 e. The molecule has 8 heteroatoms. The van der Waals surface area contributed by atoms with Crippen molar-refractivity contribution in [3.05, 3.63) is 24.3 Å². The van der Waals surface area contributed by atoms with E-state index in [1.54, 1.807) is 25.1 Å². The van der Waals surface area contributed by atoms with Gasteiger partial charge in [0.15, 0.2) is 6.61 Å². The van der Waals surface area contributed by atoms with Gasteiger partial charge in [-0.25, -0.2) is 9.52 Å². The van der Waals surface area contributed by atoms with Gasteiger partial charge >= 0.3 is 5.97 Å². The Labute approximate surface area is 112 Å². The van der Waals surface area contributed by atoms with Gasteiger partial charge in [-0.15, -0.1) is 0 Å². The molecule has 0 aliphatic rings. The SMILES string of the molecule is CCOC(=O)COc1cccc(NS(=O)(=O)NC)c1. The third-order valence-electron chi connectivity index (χ3n) is 2.02. The standard InChI is InChI=1S/C11H16N2O5S/c1-3-17-11(14)8-18-10-6-4-5-9(7-10)13-19(15,16)12-2/h4-7,12-13H,3,8H2,1-2H3. The Hall–Kier alpha value is -1.80. The monoisotopic (exact) mass is 288 g/mol. The number of ether oxygens (including phenoxy) is 2. The summed E-state index contributed by atoms with van der Waals surface area (Å²) in [7, 11) is -2.28. The summed E-state index contributed by atoms with van der Waals surface area (Å²) in [6.45, 7) is 1.76. The topological polar surface area (TPSA) is 93.7 Å². The van der Waals surface area contributed by atoms with Gasteiger partial charge in [0, 0.05) is 13.1 Å². The first-order valence-electron chi connectivity index (χ1n) is 5.56. The summed E-state index contributed by atoms with van der Waals surface area (Å²) in [5.74, 6) is -0.118. The number of esters is 1. The summed E-state index contributed by atoms with van der Waals surface area (Å²) < 4.78 is 36.9. The van der Waals surface area contributed by atoms with Crippen molar-refractivity contribution >= 4 is 21.9 Å². The minimum atomic E-state index is -3.58. The van der Waals surface area contributed by atoms with E-state index in [0.717, 1.165) is 0 Å². The molecule has 2 N–H and O–H groups in total. The van der Waals surface area contributed by atoms with Crippen LogP contribution in [0.2, 0.25) is 0 Å². The van der Waals surface area contributed by atoms with Gasteiger partial charge < -0.3 is 9.47 Å². The molecule has 0 amide bonds. The smallest absolute Gasteiger partial charge is 0.344 e. The normalized spacial score (nSPS) is 10.8. The van der Waals surface area contributed by atoms with E-state index in [0.29, 0.717) is 11.4 Å². The van der Waals surface area contributed by atoms with Crippen molar-refractivity contribution < 1.29 is 22.7 Å². The number of nitrogens with one attached hydrogen (secondary N) is 2. The zero-order chi connectivity index (χ0) is 14.3. The summed E-state index contributed by atoms with van der Waals surface area (Å²) in [6.07, 6.45) is 0. The molecular weight excluding hydrogens is 272 g/mol. The number of anilines is 1. The van der Waals surface area contributed by atoms with Gasteiger partial charge in [0.25, 0.3) is 10.2 Å². The predicted molar refractivity (Wildman–Crippen MR) is 70.2 cm³/mol. The molecule has 0 fully saturated rings. The Kier molecular flexibility index (Phi) is 5.58. The second kappa shape index (κ2) is 6.95. The van der Waals surface area contributed by atoms with Crippen LogP contribution in [0.5, 0.6) is 5.75 Å². The average molecular weight is 288 g/mol. The van der Waals surface area contributed by atoms with Crippen LogP contribution in [-0.2, 0) is 19.7 Å². The summed E-state index contributed by atoms with van der Waals surface area (Å²) in [5, 5.41) is 0. The molecule has 0 radical (unpaired) electrons. The van der Waals surface area contributed by atoms with Crippen molar-refractivity contribution in [1.29, 1.82) is 0 Å². The van der Waals surface area contributed by atoms with Gasteiger partial charge in [0.05, 0.1) is 12.3 Å². The van der Waals surface area contributed by atoms with E-state index >= 15 is 0 Å². The van der Waals surface area contributed by atoms with E-state index < -0.39 is 16.2 Å². The molecule has 0 spiro atoms. The molecule has 0 saturated heterocycles. The molecule has 1 aromatic carbocycles. The van der Waals surface area contributed by atoms with Crippen LogP contribution < -0.4 is 14.2 Å². The molecule has 0 aromatic heterocycles. The zero-order valence-electron chi connectivity index (χ0n) is 10.7. The molecule has 19 heavy (non-hydrogen) atoms. The lowest BCUT2D eigenvalue weighted by molar-refractivity contribution is -0.145. The highest BCUT2D eigenvalue weighted by molar-refractivity contribution is 7.90. The number of carbonyl (C=O) groups is 1. The second-order valence-electron chi connectivity index (χ2n) is 3.43. The minimum Gasteiger partial charge on any atom is -0.482 e. The van der Waals surface area contributed by atoms with Crippen molar-refractivity contribution in [1.82, 2.24) is 4.72 Å². The van der Waals surface area contributed by atoms with Crippen molar-refractivity contribution in [3.63, 3.8) is 0 Å². The van der Waals surface area contributed by atoms with Gasteiger partial charge in [0.2, 0.25) is 0 Å². The third kappa shape index (κ3) is 5.58. The van der Waals surface area contributed by atoms with Gasteiger partial charge in [-0.1, -0.05) is 6.07 Å². The van der Waals surface area contributed by atoms with Crippen LogP contribution in [0.3, 0.4) is 0 Å². The zero-order valence-corrected chi connectivity index (χ0v) is 11.5. The Balaban J connectivity index is 2.65. The molecule has 1 rings (SSSR count). The van der Waals surface area contributed by atoms with Crippen LogP contribution in [0.25, 0.3) is 0 Å². The molecule has 7 nitrogen and oxygen atoms in total. The van der Waals surface area contributed by atoms with E-state index in [9.17, 15) is 13.2 Å². The highest BCUT2D eigenvalue weighted by atomic mass is 32.2. The van der Waals surface area contributed by atoms with Gasteiger partial charge in [-0.3, -0.25) is 4.72 Å². The molecule has 0 saturated carbocycles. The molecule has 0 aliphatic carbocycles. The van der Waals surface area contributed by atoms with Gasteiger partial charge in [-0.2, -0.15) is 8.42 Å². The van der Waals surface area contributed by atoms with Gasteiger partial charge in [0.1, 0.15) is 5.75 Å². The summed E-state index contributed by atoms with van der Waals surface area (Å²) in [5.41, 5.74) is 0.329. The Morgan fingerprint density at radius 2 is 2.11 bits per heavy atom. The number of rotatable bonds is 7. The van der Waals surface area contributed by atoms with Gasteiger partial charge in [-0.05, 0) is 19.1 Å². The third-order valence-corrected chi connectivity index (χ3v) is 3.06. The number of carbonyl (C=O) groups excluding carboxylic acids is 1. The molecule has 0 aliphatic heterocycles. The van der Waals surface area contributed by atoms with E-state index in [-0.39, 0.29) is 13.2 Å². The van der Waals surface area contributed by atoms with Crippen molar-refractivity contribution in [3.8, 4) is 5.75 Å².